The van der Waals surface area contributed by atoms with Crippen molar-refractivity contribution in [2.45, 2.75) is 38.4 Å². The molecule has 0 aliphatic heterocycles. The van der Waals surface area contributed by atoms with Crippen molar-refractivity contribution in [2.24, 2.45) is 5.92 Å². The van der Waals surface area contributed by atoms with Gasteiger partial charge in [-0.15, -0.1) is 5.10 Å². The summed E-state index contributed by atoms with van der Waals surface area (Å²) in [7, 11) is 1.31. The molecule has 1 aromatic carbocycles. The number of hydrogen-bond donors (Lipinski definition) is 1. The van der Waals surface area contributed by atoms with E-state index in [0.29, 0.717) is 5.16 Å². The van der Waals surface area contributed by atoms with Crippen molar-refractivity contribution in [1.29, 1.82) is 0 Å². The topological polar surface area (TPSA) is 99.0 Å². The lowest BCUT2D eigenvalue weighted by Gasteiger charge is -2.21. The van der Waals surface area contributed by atoms with E-state index in [2.05, 4.69) is 20.8 Å². The lowest BCUT2D eigenvalue weighted by atomic mass is 9.99. The Kier molecular flexibility index (Phi) is 7.14. The fraction of sp³-hybridized carbons (Fsp3) is 0.471. The molecule has 0 bridgehead atoms. The summed E-state index contributed by atoms with van der Waals surface area (Å²) in [5, 5.41) is 14.8. The van der Waals surface area contributed by atoms with Gasteiger partial charge in [-0.25, -0.2) is 4.79 Å². The molecule has 2 atom stereocenters. The van der Waals surface area contributed by atoms with Gasteiger partial charge in [0.15, 0.2) is 0 Å². The molecular formula is C17H23N5O3S. The summed E-state index contributed by atoms with van der Waals surface area (Å²) in [5.41, 5.74) is 1.95. The maximum absolute atomic E-state index is 12.3. The number of aryl methyl sites for hydroxylation is 1. The molecule has 0 saturated carbocycles. The van der Waals surface area contributed by atoms with E-state index in [1.807, 2.05) is 45.0 Å². The number of esters is 1. The van der Waals surface area contributed by atoms with Gasteiger partial charge in [-0.3, -0.25) is 4.79 Å². The van der Waals surface area contributed by atoms with E-state index in [0.717, 1.165) is 17.7 Å². The van der Waals surface area contributed by atoms with Gasteiger partial charge in [-0.2, -0.15) is 4.68 Å². The van der Waals surface area contributed by atoms with Crippen LogP contribution < -0.4 is 5.32 Å². The van der Waals surface area contributed by atoms with Crippen LogP contribution in [0.4, 0.5) is 0 Å². The zero-order valence-electron chi connectivity index (χ0n) is 15.3. The number of ether oxygens (including phenoxy) is 1. The van der Waals surface area contributed by atoms with E-state index in [1.54, 1.807) is 4.68 Å². The first-order chi connectivity index (χ1) is 12.5. The number of rotatable bonds is 8. The SMILES string of the molecule is CCC(C)C(NC(=O)CSc1nnnn1-c1ccc(C)cc1)C(=O)OC. The van der Waals surface area contributed by atoms with Crippen molar-refractivity contribution in [2.75, 3.05) is 12.9 Å². The summed E-state index contributed by atoms with van der Waals surface area (Å²) < 4.78 is 6.35. The quantitative estimate of drug-likeness (QED) is 0.553. The molecule has 1 aromatic heterocycles. The predicted octanol–water partition coefficient (Wildman–Crippen LogP) is 1.77. The van der Waals surface area contributed by atoms with Crippen molar-refractivity contribution in [1.82, 2.24) is 25.5 Å². The van der Waals surface area contributed by atoms with E-state index in [-0.39, 0.29) is 17.6 Å². The Morgan fingerprint density at radius 2 is 2.00 bits per heavy atom. The molecule has 0 aliphatic carbocycles. The van der Waals surface area contributed by atoms with Crippen LogP contribution in [0, 0.1) is 12.8 Å². The second-order valence-corrected chi connectivity index (χ2v) is 6.89. The molecule has 1 N–H and O–H groups in total. The normalized spacial score (nSPS) is 13.1. The highest BCUT2D eigenvalue weighted by atomic mass is 32.2. The Balaban J connectivity index is 2.00. The van der Waals surface area contributed by atoms with E-state index >= 15 is 0 Å². The van der Waals surface area contributed by atoms with E-state index in [9.17, 15) is 9.59 Å². The molecule has 8 nitrogen and oxygen atoms in total. The highest BCUT2D eigenvalue weighted by Crippen LogP contribution is 2.18. The number of carbonyl (C=O) groups excluding carboxylic acids is 2. The smallest absolute Gasteiger partial charge is 0.328 e. The van der Waals surface area contributed by atoms with Gasteiger partial charge < -0.3 is 10.1 Å². The molecular weight excluding hydrogens is 354 g/mol. The molecule has 0 saturated heterocycles. The molecule has 26 heavy (non-hydrogen) atoms. The van der Waals surface area contributed by atoms with Gasteiger partial charge in [0, 0.05) is 0 Å². The van der Waals surface area contributed by atoms with Crippen LogP contribution in [0.3, 0.4) is 0 Å². The number of benzene rings is 1. The minimum absolute atomic E-state index is 0.0192. The zero-order valence-corrected chi connectivity index (χ0v) is 16.1. The van der Waals surface area contributed by atoms with Crippen molar-refractivity contribution < 1.29 is 14.3 Å². The van der Waals surface area contributed by atoms with Gasteiger partial charge >= 0.3 is 5.97 Å². The summed E-state index contributed by atoms with van der Waals surface area (Å²) in [6.45, 7) is 5.85. The number of nitrogens with one attached hydrogen (secondary N) is 1. The van der Waals surface area contributed by atoms with Crippen molar-refractivity contribution in [3.05, 3.63) is 29.8 Å². The predicted molar refractivity (Wildman–Crippen MR) is 98.0 cm³/mol. The highest BCUT2D eigenvalue weighted by molar-refractivity contribution is 7.99. The van der Waals surface area contributed by atoms with Crippen molar-refractivity contribution >= 4 is 23.6 Å². The van der Waals surface area contributed by atoms with Gasteiger partial charge in [-0.05, 0) is 35.4 Å². The highest BCUT2D eigenvalue weighted by Gasteiger charge is 2.26. The maximum atomic E-state index is 12.3. The number of amides is 1. The number of thioether (sulfide) groups is 1. The number of hydrogen-bond acceptors (Lipinski definition) is 7. The number of nitrogens with zero attached hydrogens (tertiary/aromatic N) is 4. The Labute approximate surface area is 156 Å². The average molecular weight is 377 g/mol. The Hall–Kier alpha value is -2.42. The summed E-state index contributed by atoms with van der Waals surface area (Å²) in [4.78, 5) is 24.1. The molecule has 1 amide bonds. The zero-order chi connectivity index (χ0) is 19.1. The fourth-order valence-corrected chi connectivity index (χ4v) is 2.96. The molecule has 0 aliphatic rings. The molecule has 0 radical (unpaired) electrons. The van der Waals surface area contributed by atoms with Gasteiger partial charge in [0.1, 0.15) is 6.04 Å². The monoisotopic (exact) mass is 377 g/mol. The summed E-state index contributed by atoms with van der Waals surface area (Å²) >= 11 is 1.20. The van der Waals surface area contributed by atoms with Crippen LogP contribution in [0.1, 0.15) is 25.8 Å². The minimum Gasteiger partial charge on any atom is -0.467 e. The van der Waals surface area contributed by atoms with Crippen LogP contribution in [-0.2, 0) is 14.3 Å². The number of carbonyl (C=O) groups is 2. The number of aromatic nitrogens is 4. The van der Waals surface area contributed by atoms with Crippen LogP contribution in [0.15, 0.2) is 29.4 Å². The second-order valence-electron chi connectivity index (χ2n) is 5.95. The lowest BCUT2D eigenvalue weighted by Crippen LogP contribution is -2.46. The third-order valence-electron chi connectivity index (χ3n) is 4.04. The van der Waals surface area contributed by atoms with Crippen molar-refractivity contribution in [3.8, 4) is 5.69 Å². The molecule has 2 rings (SSSR count). The number of methoxy groups -OCH3 is 1. The first kappa shape index (κ1) is 19.9. The molecule has 9 heteroatoms. The van der Waals surface area contributed by atoms with Gasteiger partial charge in [0.2, 0.25) is 11.1 Å². The Bertz CT molecular complexity index is 747. The summed E-state index contributed by atoms with van der Waals surface area (Å²) in [5.74, 6) is -0.642. The molecule has 2 aromatic rings. The Morgan fingerprint density at radius 1 is 1.31 bits per heavy atom. The van der Waals surface area contributed by atoms with Gasteiger partial charge in [-0.1, -0.05) is 49.7 Å². The standard InChI is InChI=1S/C17H23N5O3S/c1-5-12(3)15(16(24)25-4)18-14(23)10-26-17-19-20-21-22(17)13-8-6-11(2)7-9-13/h6-9,12,15H,5,10H2,1-4H3,(H,18,23). The largest absolute Gasteiger partial charge is 0.467 e. The molecule has 140 valence electrons. The van der Waals surface area contributed by atoms with E-state index in [1.165, 1.54) is 18.9 Å². The lowest BCUT2D eigenvalue weighted by molar-refractivity contribution is -0.146. The number of tetrazole rings is 1. The van der Waals surface area contributed by atoms with Crippen LogP contribution >= 0.6 is 11.8 Å². The van der Waals surface area contributed by atoms with Gasteiger partial charge in [0.25, 0.3) is 0 Å². The first-order valence-electron chi connectivity index (χ1n) is 8.31. The average Bonchev–Trinajstić information content (AvgIpc) is 3.12. The van der Waals surface area contributed by atoms with Crippen LogP contribution in [0.2, 0.25) is 0 Å². The first-order valence-corrected chi connectivity index (χ1v) is 9.30. The molecule has 0 spiro atoms. The van der Waals surface area contributed by atoms with Gasteiger partial charge in [0.05, 0.1) is 18.6 Å². The molecule has 1 heterocycles. The van der Waals surface area contributed by atoms with Crippen LogP contribution in [0.25, 0.3) is 5.69 Å². The maximum Gasteiger partial charge on any atom is 0.328 e. The van der Waals surface area contributed by atoms with Crippen LogP contribution in [0.5, 0.6) is 0 Å². The van der Waals surface area contributed by atoms with Crippen LogP contribution in [-0.4, -0.2) is 51.0 Å². The Morgan fingerprint density at radius 3 is 2.62 bits per heavy atom. The fourth-order valence-electron chi connectivity index (χ4n) is 2.26. The second kappa shape index (κ2) is 9.33. The third-order valence-corrected chi connectivity index (χ3v) is 4.96. The third kappa shape index (κ3) is 5.04. The van der Waals surface area contributed by atoms with E-state index < -0.39 is 12.0 Å². The van der Waals surface area contributed by atoms with E-state index in [4.69, 9.17) is 4.74 Å². The minimum atomic E-state index is -0.661. The summed E-state index contributed by atoms with van der Waals surface area (Å²) in [6.07, 6.45) is 0.749. The van der Waals surface area contributed by atoms with Crippen molar-refractivity contribution in [3.63, 3.8) is 0 Å². The molecule has 0 fully saturated rings. The summed E-state index contributed by atoms with van der Waals surface area (Å²) in [6, 6.07) is 7.08. The molecule has 2 unspecified atom stereocenters.